The van der Waals surface area contributed by atoms with Gasteiger partial charge in [-0.2, -0.15) is 5.10 Å². The van der Waals surface area contributed by atoms with E-state index in [0.29, 0.717) is 22.7 Å². The van der Waals surface area contributed by atoms with Gasteiger partial charge in [0.2, 0.25) is 0 Å². The average molecular weight is 424 g/mol. The maximum Gasteiger partial charge on any atom is 0.276 e. The number of carbonyl (C=O) groups is 2. The lowest BCUT2D eigenvalue weighted by atomic mass is 10.1. The third-order valence-electron chi connectivity index (χ3n) is 4.83. The van der Waals surface area contributed by atoms with E-state index in [0.717, 1.165) is 11.1 Å². The highest BCUT2D eigenvalue weighted by Crippen LogP contribution is 2.23. The number of aromatic nitrogens is 2. The molecule has 31 heavy (non-hydrogen) atoms. The first-order valence-electron chi connectivity index (χ1n) is 9.89. The molecule has 0 aliphatic carbocycles. The van der Waals surface area contributed by atoms with Crippen molar-refractivity contribution in [3.8, 4) is 11.4 Å². The van der Waals surface area contributed by atoms with Crippen molar-refractivity contribution >= 4 is 11.8 Å². The maximum atomic E-state index is 13.2. The molecule has 2 aromatic carbocycles. The van der Waals surface area contributed by atoms with E-state index in [4.69, 9.17) is 4.74 Å². The van der Waals surface area contributed by atoms with Crippen molar-refractivity contribution in [3.05, 3.63) is 76.9 Å². The predicted molar refractivity (Wildman–Crippen MR) is 115 cm³/mol. The number of benzene rings is 2. The molecule has 1 heterocycles. The molecule has 0 saturated carbocycles. The minimum Gasteiger partial charge on any atom is -0.484 e. The van der Waals surface area contributed by atoms with Gasteiger partial charge in [0.15, 0.2) is 6.61 Å². The zero-order valence-electron chi connectivity index (χ0n) is 17.9. The van der Waals surface area contributed by atoms with E-state index >= 15 is 0 Å². The molecule has 162 valence electrons. The van der Waals surface area contributed by atoms with Gasteiger partial charge < -0.3 is 4.74 Å². The Labute approximate surface area is 180 Å². The van der Waals surface area contributed by atoms with Gasteiger partial charge in [-0.25, -0.2) is 9.07 Å². The highest BCUT2D eigenvalue weighted by molar-refractivity contribution is 5.96. The summed E-state index contributed by atoms with van der Waals surface area (Å²) >= 11 is 0. The van der Waals surface area contributed by atoms with Crippen LogP contribution in [0.1, 0.15) is 46.9 Å². The Morgan fingerprint density at radius 3 is 2.42 bits per heavy atom. The molecule has 0 bridgehead atoms. The molecule has 0 aliphatic heterocycles. The summed E-state index contributed by atoms with van der Waals surface area (Å²) in [6.45, 7) is 7.55. The minimum atomic E-state index is -0.503. The third-order valence-corrected chi connectivity index (χ3v) is 4.83. The Morgan fingerprint density at radius 2 is 1.77 bits per heavy atom. The van der Waals surface area contributed by atoms with Crippen molar-refractivity contribution < 1.29 is 18.7 Å². The van der Waals surface area contributed by atoms with Crippen LogP contribution in [0.25, 0.3) is 5.69 Å². The topological polar surface area (TPSA) is 85.2 Å². The number of amides is 2. The van der Waals surface area contributed by atoms with E-state index in [1.165, 1.54) is 18.3 Å². The van der Waals surface area contributed by atoms with Crippen LogP contribution >= 0.6 is 0 Å². The number of carbonyl (C=O) groups excluding carboxylic acids is 2. The molecule has 2 amide bonds. The normalized spacial score (nSPS) is 10.8. The number of hydrogen-bond donors (Lipinski definition) is 2. The van der Waals surface area contributed by atoms with Crippen molar-refractivity contribution in [1.82, 2.24) is 20.6 Å². The fraction of sp³-hybridized carbons (Fsp3) is 0.261. The maximum absolute atomic E-state index is 13.2. The standard InChI is InChI=1S/C23H25FN4O3/c1-14(2)22-20(12-25-28(22)18-8-6-17(24)7-9-18)23(30)27-26-21(29)13-31-19-10-5-15(3)16(4)11-19/h5-12,14H,13H2,1-4H3,(H,26,29)(H,27,30). The lowest BCUT2D eigenvalue weighted by Gasteiger charge is -2.13. The number of ether oxygens (including phenoxy) is 1. The Hall–Kier alpha value is -3.68. The van der Waals surface area contributed by atoms with Gasteiger partial charge in [-0.1, -0.05) is 19.9 Å². The van der Waals surface area contributed by atoms with Crippen LogP contribution in [0, 0.1) is 19.7 Å². The molecule has 3 rings (SSSR count). The van der Waals surface area contributed by atoms with E-state index in [-0.39, 0.29) is 18.3 Å². The van der Waals surface area contributed by atoms with Gasteiger partial charge in [0.05, 0.1) is 23.1 Å². The molecule has 8 heteroatoms. The van der Waals surface area contributed by atoms with Crippen molar-refractivity contribution in [2.24, 2.45) is 0 Å². The summed E-state index contributed by atoms with van der Waals surface area (Å²) in [5.74, 6) is -0.824. The number of hydrazine groups is 1. The molecule has 2 N–H and O–H groups in total. The van der Waals surface area contributed by atoms with E-state index < -0.39 is 11.8 Å². The van der Waals surface area contributed by atoms with Gasteiger partial charge in [-0.05, 0) is 67.3 Å². The second-order valence-corrected chi connectivity index (χ2v) is 7.52. The summed E-state index contributed by atoms with van der Waals surface area (Å²) in [4.78, 5) is 24.7. The van der Waals surface area contributed by atoms with E-state index in [1.807, 2.05) is 39.8 Å². The summed E-state index contributed by atoms with van der Waals surface area (Å²) in [6.07, 6.45) is 1.42. The highest BCUT2D eigenvalue weighted by Gasteiger charge is 2.21. The van der Waals surface area contributed by atoms with Crippen LogP contribution in [0.15, 0.2) is 48.7 Å². The number of halogens is 1. The smallest absolute Gasteiger partial charge is 0.276 e. The zero-order valence-corrected chi connectivity index (χ0v) is 17.9. The molecule has 0 aliphatic rings. The van der Waals surface area contributed by atoms with Gasteiger partial charge >= 0.3 is 0 Å². The third kappa shape index (κ3) is 5.28. The number of nitrogens with zero attached hydrogens (tertiary/aromatic N) is 2. The first-order valence-corrected chi connectivity index (χ1v) is 9.89. The SMILES string of the molecule is Cc1ccc(OCC(=O)NNC(=O)c2cnn(-c3ccc(F)cc3)c2C(C)C)cc1C. The molecule has 7 nitrogen and oxygen atoms in total. The van der Waals surface area contributed by atoms with Crippen LogP contribution in [-0.2, 0) is 4.79 Å². The van der Waals surface area contributed by atoms with Crippen molar-refractivity contribution in [2.75, 3.05) is 6.61 Å². The van der Waals surface area contributed by atoms with Crippen LogP contribution < -0.4 is 15.6 Å². The second kappa shape index (κ2) is 9.42. The summed E-state index contributed by atoms with van der Waals surface area (Å²) in [5, 5.41) is 4.27. The Balaban J connectivity index is 1.64. The Kier molecular flexibility index (Phi) is 6.69. The van der Waals surface area contributed by atoms with Crippen LogP contribution in [0.3, 0.4) is 0 Å². The van der Waals surface area contributed by atoms with Crippen LogP contribution in [0.5, 0.6) is 5.75 Å². The van der Waals surface area contributed by atoms with Gasteiger partial charge in [0, 0.05) is 0 Å². The molecular weight excluding hydrogens is 399 g/mol. The Bertz CT molecular complexity index is 1090. The molecule has 0 fully saturated rings. The zero-order chi connectivity index (χ0) is 22.5. The molecule has 0 saturated heterocycles. The number of nitrogens with one attached hydrogen (secondary N) is 2. The van der Waals surface area contributed by atoms with Crippen LogP contribution in [-0.4, -0.2) is 28.2 Å². The lowest BCUT2D eigenvalue weighted by molar-refractivity contribution is -0.123. The molecule has 1 aromatic heterocycles. The van der Waals surface area contributed by atoms with E-state index in [1.54, 1.807) is 22.9 Å². The number of hydrogen-bond acceptors (Lipinski definition) is 4. The number of rotatable bonds is 6. The predicted octanol–water partition coefficient (Wildman–Crippen LogP) is 3.59. The quantitative estimate of drug-likeness (QED) is 0.592. The van der Waals surface area contributed by atoms with Crippen molar-refractivity contribution in [3.63, 3.8) is 0 Å². The minimum absolute atomic E-state index is 0.0443. The van der Waals surface area contributed by atoms with E-state index in [2.05, 4.69) is 16.0 Å². The fourth-order valence-electron chi connectivity index (χ4n) is 3.06. The van der Waals surface area contributed by atoms with Crippen molar-refractivity contribution in [1.29, 1.82) is 0 Å². The molecule has 0 spiro atoms. The highest BCUT2D eigenvalue weighted by atomic mass is 19.1. The van der Waals surface area contributed by atoms with Gasteiger partial charge in [-0.15, -0.1) is 0 Å². The Morgan fingerprint density at radius 1 is 1.06 bits per heavy atom. The lowest BCUT2D eigenvalue weighted by Crippen LogP contribution is -2.44. The molecule has 3 aromatic rings. The van der Waals surface area contributed by atoms with Gasteiger partial charge in [-0.3, -0.25) is 20.4 Å². The first-order chi connectivity index (χ1) is 14.8. The first kappa shape index (κ1) is 22.0. The second-order valence-electron chi connectivity index (χ2n) is 7.52. The van der Waals surface area contributed by atoms with E-state index in [9.17, 15) is 14.0 Å². The fourth-order valence-corrected chi connectivity index (χ4v) is 3.06. The summed E-state index contributed by atoms with van der Waals surface area (Å²) < 4.78 is 20.3. The molecule has 0 radical (unpaired) electrons. The molecule has 0 atom stereocenters. The van der Waals surface area contributed by atoms with Gasteiger partial charge in [0.25, 0.3) is 11.8 Å². The molecule has 0 unspecified atom stereocenters. The molecular formula is C23H25FN4O3. The van der Waals surface area contributed by atoms with Crippen molar-refractivity contribution in [2.45, 2.75) is 33.6 Å². The van der Waals surface area contributed by atoms with Crippen LogP contribution in [0.2, 0.25) is 0 Å². The monoisotopic (exact) mass is 424 g/mol. The van der Waals surface area contributed by atoms with Crippen LogP contribution in [0.4, 0.5) is 4.39 Å². The van der Waals surface area contributed by atoms with Gasteiger partial charge in [0.1, 0.15) is 11.6 Å². The number of aryl methyl sites for hydroxylation is 2. The summed E-state index contributed by atoms with van der Waals surface area (Å²) in [7, 11) is 0. The average Bonchev–Trinajstić information content (AvgIpc) is 3.19. The summed E-state index contributed by atoms with van der Waals surface area (Å²) in [6, 6.07) is 11.4. The largest absolute Gasteiger partial charge is 0.484 e. The summed E-state index contributed by atoms with van der Waals surface area (Å²) in [5.41, 5.74) is 8.53.